The molecular weight excluding hydrogens is 418 g/mol. The molecule has 0 saturated carbocycles. The quantitative estimate of drug-likeness (QED) is 0.635. The molecule has 0 amide bonds. The molecule has 1 atom stereocenters. The van der Waals surface area contributed by atoms with Crippen LogP contribution in [0.25, 0.3) is 0 Å². The third kappa shape index (κ3) is 4.44. The topological polar surface area (TPSA) is 96.4 Å². The molecule has 1 aliphatic heterocycles. The predicted molar refractivity (Wildman–Crippen MR) is 127 cm³/mol. The maximum Gasteiger partial charge on any atom is 0.227 e. The Kier molecular flexibility index (Phi) is 5.77. The Morgan fingerprint density at radius 1 is 0.939 bits per heavy atom. The van der Waals surface area contributed by atoms with Crippen LogP contribution >= 0.6 is 0 Å². The lowest BCUT2D eigenvalue weighted by molar-refractivity contribution is 0.0952. The van der Waals surface area contributed by atoms with Crippen LogP contribution in [-0.4, -0.2) is 59.0 Å². The van der Waals surface area contributed by atoms with Gasteiger partial charge in [0, 0.05) is 50.7 Å². The van der Waals surface area contributed by atoms with Crippen molar-refractivity contribution < 1.29 is 9.53 Å². The summed E-state index contributed by atoms with van der Waals surface area (Å²) in [5.74, 6) is 3.11. The van der Waals surface area contributed by atoms with E-state index >= 15 is 0 Å². The number of ketones is 1. The van der Waals surface area contributed by atoms with E-state index in [0.29, 0.717) is 23.8 Å². The van der Waals surface area contributed by atoms with Gasteiger partial charge in [-0.3, -0.25) is 4.79 Å². The number of carbonyl (C=O) groups is 1. The van der Waals surface area contributed by atoms with Crippen LogP contribution in [0.5, 0.6) is 5.75 Å². The SMILES string of the molecule is COc1ccc(Nc2nc(N3CCN(c4ncccn4)CC3)nc3c2C(=O)CC(C)C3)cc1. The average molecular weight is 446 g/mol. The number of nitrogens with zero attached hydrogens (tertiary/aromatic N) is 6. The minimum atomic E-state index is 0.0948. The van der Waals surface area contributed by atoms with Crippen molar-refractivity contribution in [1.29, 1.82) is 0 Å². The van der Waals surface area contributed by atoms with E-state index in [4.69, 9.17) is 14.7 Å². The highest BCUT2D eigenvalue weighted by Gasteiger charge is 2.30. The number of hydrogen-bond acceptors (Lipinski definition) is 9. The molecule has 0 spiro atoms. The van der Waals surface area contributed by atoms with E-state index in [-0.39, 0.29) is 11.7 Å². The van der Waals surface area contributed by atoms with Crippen LogP contribution in [0.2, 0.25) is 0 Å². The average Bonchev–Trinajstić information content (AvgIpc) is 2.84. The second-order valence-electron chi connectivity index (χ2n) is 8.51. The zero-order valence-corrected chi connectivity index (χ0v) is 18.9. The van der Waals surface area contributed by atoms with Gasteiger partial charge in [-0.25, -0.2) is 15.0 Å². The van der Waals surface area contributed by atoms with Crippen molar-refractivity contribution in [3.8, 4) is 5.75 Å². The Balaban J connectivity index is 1.42. The van der Waals surface area contributed by atoms with E-state index in [0.717, 1.165) is 55.7 Å². The highest BCUT2D eigenvalue weighted by molar-refractivity contribution is 6.03. The number of carbonyl (C=O) groups excluding carboxylic acids is 1. The highest BCUT2D eigenvalue weighted by Crippen LogP contribution is 2.32. The molecule has 9 nitrogen and oxygen atoms in total. The summed E-state index contributed by atoms with van der Waals surface area (Å²) >= 11 is 0. The third-order valence-electron chi connectivity index (χ3n) is 6.08. The van der Waals surface area contributed by atoms with Crippen molar-refractivity contribution >= 4 is 29.2 Å². The number of rotatable bonds is 5. The highest BCUT2D eigenvalue weighted by atomic mass is 16.5. The van der Waals surface area contributed by atoms with Crippen molar-refractivity contribution in [3.05, 3.63) is 54.0 Å². The molecule has 1 saturated heterocycles. The lowest BCUT2D eigenvalue weighted by atomic mass is 9.87. The maximum atomic E-state index is 12.9. The van der Waals surface area contributed by atoms with Gasteiger partial charge in [0.25, 0.3) is 0 Å². The summed E-state index contributed by atoms with van der Waals surface area (Å²) < 4.78 is 5.25. The number of benzene rings is 1. The van der Waals surface area contributed by atoms with Gasteiger partial charge in [-0.05, 0) is 42.7 Å². The number of aromatic nitrogens is 4. The molecule has 1 unspecified atom stereocenters. The number of nitrogens with one attached hydrogen (secondary N) is 1. The lowest BCUT2D eigenvalue weighted by Crippen LogP contribution is -2.48. The second-order valence-corrected chi connectivity index (χ2v) is 8.51. The molecule has 5 rings (SSSR count). The van der Waals surface area contributed by atoms with Gasteiger partial charge < -0.3 is 19.9 Å². The van der Waals surface area contributed by atoms with Crippen LogP contribution in [0.1, 0.15) is 29.4 Å². The van der Waals surface area contributed by atoms with Crippen molar-refractivity contribution in [2.24, 2.45) is 5.92 Å². The molecule has 1 fully saturated rings. The molecule has 1 aliphatic carbocycles. The fourth-order valence-corrected chi connectivity index (χ4v) is 4.36. The normalized spacial score (nSPS) is 18.1. The Morgan fingerprint density at radius 3 is 2.27 bits per heavy atom. The van der Waals surface area contributed by atoms with E-state index in [1.54, 1.807) is 19.5 Å². The van der Waals surface area contributed by atoms with Gasteiger partial charge in [0.1, 0.15) is 11.6 Å². The van der Waals surface area contributed by atoms with Crippen LogP contribution in [0.4, 0.5) is 23.4 Å². The smallest absolute Gasteiger partial charge is 0.227 e. The zero-order chi connectivity index (χ0) is 22.8. The number of hydrogen-bond donors (Lipinski definition) is 1. The summed E-state index contributed by atoms with van der Waals surface area (Å²) in [6.45, 7) is 5.16. The van der Waals surface area contributed by atoms with Crippen LogP contribution in [-0.2, 0) is 6.42 Å². The van der Waals surface area contributed by atoms with E-state index in [1.165, 1.54) is 0 Å². The van der Waals surface area contributed by atoms with Crippen LogP contribution in [0.15, 0.2) is 42.7 Å². The van der Waals surface area contributed by atoms with Gasteiger partial charge in [-0.1, -0.05) is 6.92 Å². The molecule has 33 heavy (non-hydrogen) atoms. The van der Waals surface area contributed by atoms with Crippen molar-refractivity contribution in [1.82, 2.24) is 19.9 Å². The summed E-state index contributed by atoms with van der Waals surface area (Å²) in [6.07, 6.45) is 4.81. The molecular formula is C24H27N7O2. The molecule has 1 N–H and O–H groups in total. The van der Waals surface area contributed by atoms with Crippen LogP contribution < -0.4 is 19.9 Å². The Morgan fingerprint density at radius 2 is 1.61 bits per heavy atom. The molecule has 170 valence electrons. The number of methoxy groups -OCH3 is 1. The predicted octanol–water partition coefficient (Wildman–Crippen LogP) is 3.11. The largest absolute Gasteiger partial charge is 0.497 e. The lowest BCUT2D eigenvalue weighted by Gasteiger charge is -2.35. The molecule has 2 aromatic heterocycles. The van der Waals surface area contributed by atoms with Gasteiger partial charge in [0.15, 0.2) is 5.78 Å². The molecule has 1 aromatic carbocycles. The monoisotopic (exact) mass is 445 g/mol. The second kappa shape index (κ2) is 9.01. The minimum absolute atomic E-state index is 0.0948. The van der Waals surface area contributed by atoms with Crippen molar-refractivity contribution in [3.63, 3.8) is 0 Å². The first kappa shape index (κ1) is 21.1. The Hall–Kier alpha value is -3.75. The maximum absolute atomic E-state index is 12.9. The Bertz CT molecular complexity index is 1130. The molecule has 2 aliphatic rings. The van der Waals surface area contributed by atoms with Gasteiger partial charge >= 0.3 is 0 Å². The van der Waals surface area contributed by atoms with E-state index in [9.17, 15) is 4.79 Å². The number of Topliss-reactive ketones (excluding diaryl/α,β-unsaturated/α-hetero) is 1. The Labute approximate surface area is 192 Å². The summed E-state index contributed by atoms with van der Waals surface area (Å²) in [4.78, 5) is 35.6. The summed E-state index contributed by atoms with van der Waals surface area (Å²) in [5.41, 5.74) is 2.29. The number of anilines is 4. The van der Waals surface area contributed by atoms with Crippen LogP contribution in [0, 0.1) is 5.92 Å². The van der Waals surface area contributed by atoms with Gasteiger partial charge in [-0.15, -0.1) is 0 Å². The van der Waals surface area contributed by atoms with E-state index < -0.39 is 0 Å². The third-order valence-corrected chi connectivity index (χ3v) is 6.08. The molecule has 9 heteroatoms. The fraction of sp³-hybridized carbons (Fsp3) is 0.375. The summed E-state index contributed by atoms with van der Waals surface area (Å²) in [7, 11) is 1.64. The minimum Gasteiger partial charge on any atom is -0.497 e. The molecule has 0 radical (unpaired) electrons. The first-order chi connectivity index (χ1) is 16.1. The van der Waals surface area contributed by atoms with Gasteiger partial charge in [0.05, 0.1) is 18.4 Å². The van der Waals surface area contributed by atoms with Crippen molar-refractivity contribution in [2.45, 2.75) is 19.8 Å². The van der Waals surface area contributed by atoms with Crippen LogP contribution in [0.3, 0.4) is 0 Å². The standard InChI is InChI=1S/C24H27N7O2/c1-16-14-19-21(20(32)15-16)22(27-17-4-6-18(33-2)7-5-17)29-24(28-19)31-12-10-30(11-13-31)23-25-8-3-9-26-23/h3-9,16H,10-15H2,1-2H3,(H,27,28,29). The molecule has 3 aromatic rings. The van der Waals surface area contributed by atoms with Crippen molar-refractivity contribution in [2.75, 3.05) is 48.4 Å². The first-order valence-electron chi connectivity index (χ1n) is 11.2. The van der Waals surface area contributed by atoms with E-state index in [2.05, 4.69) is 32.0 Å². The summed E-state index contributed by atoms with van der Waals surface area (Å²) in [6, 6.07) is 9.42. The van der Waals surface area contributed by atoms with Gasteiger partial charge in [-0.2, -0.15) is 4.98 Å². The number of piperazine rings is 1. The number of ether oxygens (including phenoxy) is 1. The molecule has 0 bridgehead atoms. The molecule has 3 heterocycles. The fourth-order valence-electron chi connectivity index (χ4n) is 4.36. The first-order valence-corrected chi connectivity index (χ1v) is 11.2. The number of fused-ring (bicyclic) bond motifs is 1. The van der Waals surface area contributed by atoms with Gasteiger partial charge in [0.2, 0.25) is 11.9 Å². The zero-order valence-electron chi connectivity index (χ0n) is 18.9. The summed E-state index contributed by atoms with van der Waals surface area (Å²) in [5, 5.41) is 3.36. The van der Waals surface area contributed by atoms with E-state index in [1.807, 2.05) is 30.3 Å².